The first-order valence-corrected chi connectivity index (χ1v) is 8.04. The molecule has 0 aromatic heterocycles. The van der Waals surface area contributed by atoms with E-state index in [0.29, 0.717) is 32.3 Å². The van der Waals surface area contributed by atoms with E-state index in [0.717, 1.165) is 26.1 Å². The lowest BCUT2D eigenvalue weighted by Crippen LogP contribution is -2.52. The van der Waals surface area contributed by atoms with Crippen molar-refractivity contribution < 1.29 is 14.3 Å². The van der Waals surface area contributed by atoms with Gasteiger partial charge in [-0.2, -0.15) is 0 Å². The van der Waals surface area contributed by atoms with E-state index in [1.54, 1.807) is 0 Å². The average molecular weight is 304 g/mol. The Balaban J connectivity index is 1.39. The molecule has 1 N–H and O–H groups in total. The number of likely N-dealkylation sites (tertiary alicyclic amines) is 1. The van der Waals surface area contributed by atoms with Gasteiger partial charge in [0.2, 0.25) is 5.91 Å². The lowest BCUT2D eigenvalue weighted by molar-refractivity contribution is -0.135. The van der Waals surface area contributed by atoms with E-state index < -0.39 is 0 Å². The standard InChI is InChI=1S/C17H24N2O3/c20-17(16-13-21-9-7-18-16)19-8-6-15(10-19)12-22-11-14-4-2-1-3-5-14/h1-5,15-16,18H,6-13H2. The molecule has 2 atom stereocenters. The van der Waals surface area contributed by atoms with E-state index in [4.69, 9.17) is 9.47 Å². The fourth-order valence-corrected chi connectivity index (χ4v) is 3.03. The molecule has 2 aliphatic rings. The van der Waals surface area contributed by atoms with Gasteiger partial charge in [-0.15, -0.1) is 0 Å². The van der Waals surface area contributed by atoms with Gasteiger partial charge in [0.1, 0.15) is 6.04 Å². The van der Waals surface area contributed by atoms with Crippen LogP contribution in [-0.2, 0) is 20.9 Å². The second-order valence-electron chi connectivity index (χ2n) is 6.02. The van der Waals surface area contributed by atoms with E-state index in [1.807, 2.05) is 23.1 Å². The highest BCUT2D eigenvalue weighted by Gasteiger charge is 2.31. The number of carbonyl (C=O) groups is 1. The van der Waals surface area contributed by atoms with Crippen molar-refractivity contribution in [3.8, 4) is 0 Å². The Morgan fingerprint density at radius 3 is 3.00 bits per heavy atom. The van der Waals surface area contributed by atoms with Crippen LogP contribution in [0.5, 0.6) is 0 Å². The number of amides is 1. The van der Waals surface area contributed by atoms with Gasteiger partial charge in [-0.3, -0.25) is 4.79 Å². The largest absolute Gasteiger partial charge is 0.378 e. The number of ether oxygens (including phenoxy) is 2. The third-order valence-electron chi connectivity index (χ3n) is 4.28. The van der Waals surface area contributed by atoms with Crippen molar-refractivity contribution in [1.82, 2.24) is 10.2 Å². The van der Waals surface area contributed by atoms with Gasteiger partial charge >= 0.3 is 0 Å². The second kappa shape index (κ2) is 7.72. The first kappa shape index (κ1) is 15.5. The Hall–Kier alpha value is -1.43. The van der Waals surface area contributed by atoms with Crippen LogP contribution in [0.3, 0.4) is 0 Å². The van der Waals surface area contributed by atoms with Crippen LogP contribution in [0, 0.1) is 5.92 Å². The molecule has 1 amide bonds. The molecule has 120 valence electrons. The summed E-state index contributed by atoms with van der Waals surface area (Å²) in [4.78, 5) is 14.3. The maximum absolute atomic E-state index is 12.4. The van der Waals surface area contributed by atoms with Crippen molar-refractivity contribution in [2.24, 2.45) is 5.92 Å². The highest BCUT2D eigenvalue weighted by atomic mass is 16.5. The lowest BCUT2D eigenvalue weighted by atomic mass is 10.1. The predicted molar refractivity (Wildman–Crippen MR) is 83.4 cm³/mol. The zero-order valence-corrected chi connectivity index (χ0v) is 12.9. The zero-order chi connectivity index (χ0) is 15.2. The third kappa shape index (κ3) is 4.06. The van der Waals surface area contributed by atoms with Crippen molar-refractivity contribution >= 4 is 5.91 Å². The molecular weight excluding hydrogens is 280 g/mol. The summed E-state index contributed by atoms with van der Waals surface area (Å²) in [5, 5.41) is 3.23. The molecule has 0 spiro atoms. The monoisotopic (exact) mass is 304 g/mol. The van der Waals surface area contributed by atoms with Crippen LogP contribution in [0.2, 0.25) is 0 Å². The quantitative estimate of drug-likeness (QED) is 0.883. The van der Waals surface area contributed by atoms with Gasteiger partial charge in [0, 0.05) is 25.6 Å². The summed E-state index contributed by atoms with van der Waals surface area (Å²) in [6.45, 7) is 4.93. The molecule has 5 heteroatoms. The van der Waals surface area contributed by atoms with E-state index >= 15 is 0 Å². The predicted octanol–water partition coefficient (Wildman–Crippen LogP) is 1.04. The zero-order valence-electron chi connectivity index (χ0n) is 12.9. The molecule has 0 saturated carbocycles. The summed E-state index contributed by atoms with van der Waals surface area (Å²) in [5.41, 5.74) is 1.19. The molecule has 0 bridgehead atoms. The molecule has 0 radical (unpaired) electrons. The Morgan fingerprint density at radius 2 is 2.23 bits per heavy atom. The topological polar surface area (TPSA) is 50.8 Å². The molecule has 2 saturated heterocycles. The Morgan fingerprint density at radius 1 is 1.36 bits per heavy atom. The SMILES string of the molecule is O=C(C1COCCN1)N1CCC(COCc2ccccc2)C1. The number of hydrogen-bond donors (Lipinski definition) is 1. The first-order chi connectivity index (χ1) is 10.8. The van der Waals surface area contributed by atoms with Crippen LogP contribution < -0.4 is 5.32 Å². The van der Waals surface area contributed by atoms with Crippen LogP contribution in [0.25, 0.3) is 0 Å². The van der Waals surface area contributed by atoms with E-state index in [-0.39, 0.29) is 11.9 Å². The molecule has 2 aliphatic heterocycles. The number of carbonyl (C=O) groups excluding carboxylic acids is 1. The molecule has 1 aromatic carbocycles. The van der Waals surface area contributed by atoms with Gasteiger partial charge in [0.25, 0.3) is 0 Å². The number of benzene rings is 1. The number of rotatable bonds is 5. The molecule has 3 rings (SSSR count). The molecule has 2 unspecified atom stereocenters. The van der Waals surface area contributed by atoms with E-state index in [9.17, 15) is 4.79 Å². The molecule has 2 heterocycles. The maximum Gasteiger partial charge on any atom is 0.242 e. The fraction of sp³-hybridized carbons (Fsp3) is 0.588. The number of hydrogen-bond acceptors (Lipinski definition) is 4. The van der Waals surface area contributed by atoms with Crippen molar-refractivity contribution in [3.05, 3.63) is 35.9 Å². The molecule has 0 aliphatic carbocycles. The van der Waals surface area contributed by atoms with Crippen molar-refractivity contribution in [1.29, 1.82) is 0 Å². The van der Waals surface area contributed by atoms with Gasteiger partial charge in [-0.25, -0.2) is 0 Å². The Kier molecular flexibility index (Phi) is 5.43. The maximum atomic E-state index is 12.4. The molecule has 5 nitrogen and oxygen atoms in total. The van der Waals surface area contributed by atoms with Gasteiger partial charge in [0.05, 0.1) is 26.4 Å². The fourth-order valence-electron chi connectivity index (χ4n) is 3.03. The Labute approximate surface area is 131 Å². The third-order valence-corrected chi connectivity index (χ3v) is 4.28. The minimum atomic E-state index is -0.169. The minimum Gasteiger partial charge on any atom is -0.378 e. The number of nitrogens with one attached hydrogen (secondary N) is 1. The summed E-state index contributed by atoms with van der Waals surface area (Å²) in [5.74, 6) is 0.613. The smallest absolute Gasteiger partial charge is 0.242 e. The molecular formula is C17H24N2O3. The highest BCUT2D eigenvalue weighted by Crippen LogP contribution is 2.18. The minimum absolute atomic E-state index is 0.169. The Bertz CT molecular complexity index is 474. The van der Waals surface area contributed by atoms with Gasteiger partial charge in [0.15, 0.2) is 0 Å². The summed E-state index contributed by atoms with van der Waals surface area (Å²) in [6.07, 6.45) is 1.02. The van der Waals surface area contributed by atoms with Gasteiger partial charge in [-0.1, -0.05) is 30.3 Å². The van der Waals surface area contributed by atoms with Crippen LogP contribution in [-0.4, -0.2) is 56.3 Å². The molecule has 1 aromatic rings. The molecule has 2 fully saturated rings. The number of nitrogens with zero attached hydrogens (tertiary/aromatic N) is 1. The normalized spacial score (nSPS) is 25.4. The summed E-state index contributed by atoms with van der Waals surface area (Å²) >= 11 is 0. The lowest BCUT2D eigenvalue weighted by Gasteiger charge is -2.27. The van der Waals surface area contributed by atoms with Crippen molar-refractivity contribution in [3.63, 3.8) is 0 Å². The molecule has 22 heavy (non-hydrogen) atoms. The summed E-state index contributed by atoms with van der Waals surface area (Å²) in [7, 11) is 0. The summed E-state index contributed by atoms with van der Waals surface area (Å²) in [6, 6.07) is 10.0. The van der Waals surface area contributed by atoms with Crippen LogP contribution in [0.4, 0.5) is 0 Å². The van der Waals surface area contributed by atoms with Crippen molar-refractivity contribution in [2.45, 2.75) is 19.1 Å². The van der Waals surface area contributed by atoms with Crippen LogP contribution in [0.1, 0.15) is 12.0 Å². The highest BCUT2D eigenvalue weighted by molar-refractivity contribution is 5.82. The van der Waals surface area contributed by atoms with Crippen molar-refractivity contribution in [2.75, 3.05) is 39.5 Å². The second-order valence-corrected chi connectivity index (χ2v) is 6.02. The van der Waals surface area contributed by atoms with E-state index in [1.165, 1.54) is 5.56 Å². The number of morpholine rings is 1. The van der Waals surface area contributed by atoms with Gasteiger partial charge < -0.3 is 19.7 Å². The van der Waals surface area contributed by atoms with Gasteiger partial charge in [-0.05, 0) is 12.0 Å². The van der Waals surface area contributed by atoms with Crippen LogP contribution >= 0.6 is 0 Å². The van der Waals surface area contributed by atoms with Crippen LogP contribution in [0.15, 0.2) is 30.3 Å². The first-order valence-electron chi connectivity index (χ1n) is 8.04. The average Bonchev–Trinajstić information content (AvgIpc) is 3.05. The van der Waals surface area contributed by atoms with E-state index in [2.05, 4.69) is 17.4 Å². The summed E-state index contributed by atoms with van der Waals surface area (Å²) < 4.78 is 11.2.